The monoisotopic (exact) mass is 426 g/mol. The third kappa shape index (κ3) is 4.03. The Morgan fingerprint density at radius 2 is 1.74 bits per heavy atom. The molecule has 4 rings (SSSR count). The van der Waals surface area contributed by atoms with Gasteiger partial charge in [0.2, 0.25) is 5.89 Å². The van der Waals surface area contributed by atoms with Gasteiger partial charge in [0.05, 0.1) is 0 Å². The molecule has 1 saturated heterocycles. The lowest BCUT2D eigenvalue weighted by atomic mass is 10.1. The summed E-state index contributed by atoms with van der Waals surface area (Å²) in [6, 6.07) is 16.9. The van der Waals surface area contributed by atoms with Crippen LogP contribution < -0.4 is 10.2 Å². The molecule has 1 N–H and O–H groups in total. The highest BCUT2D eigenvalue weighted by Gasteiger charge is 2.26. The van der Waals surface area contributed by atoms with Crippen molar-refractivity contribution in [2.45, 2.75) is 18.9 Å². The van der Waals surface area contributed by atoms with Crippen LogP contribution in [0.4, 0.5) is 6.01 Å². The lowest BCUT2D eigenvalue weighted by Crippen LogP contribution is -2.29. The van der Waals surface area contributed by atoms with E-state index in [0.717, 1.165) is 36.0 Å². The van der Waals surface area contributed by atoms with Crippen molar-refractivity contribution in [2.75, 3.05) is 18.0 Å². The van der Waals surface area contributed by atoms with E-state index in [2.05, 4.69) is 36.3 Å². The zero-order valence-corrected chi connectivity index (χ0v) is 16.2. The molecule has 1 fully saturated rings. The summed E-state index contributed by atoms with van der Waals surface area (Å²) in [7, 11) is 0. The molecule has 27 heavy (non-hydrogen) atoms. The molecule has 1 atom stereocenters. The van der Waals surface area contributed by atoms with Crippen LogP contribution in [0.3, 0.4) is 0 Å². The second-order valence-electron chi connectivity index (χ2n) is 6.44. The van der Waals surface area contributed by atoms with Crippen molar-refractivity contribution in [1.29, 1.82) is 0 Å². The predicted molar refractivity (Wildman–Crippen MR) is 106 cm³/mol. The van der Waals surface area contributed by atoms with Crippen LogP contribution >= 0.6 is 15.9 Å². The zero-order chi connectivity index (χ0) is 18.6. The predicted octanol–water partition coefficient (Wildman–Crippen LogP) is 3.95. The van der Waals surface area contributed by atoms with E-state index >= 15 is 0 Å². The number of anilines is 1. The average molecular weight is 427 g/mol. The van der Waals surface area contributed by atoms with Crippen LogP contribution in [0.5, 0.6) is 0 Å². The fourth-order valence-corrected chi connectivity index (χ4v) is 3.39. The van der Waals surface area contributed by atoms with Gasteiger partial charge >= 0.3 is 6.01 Å². The Hall–Kier alpha value is -2.67. The molecule has 0 radical (unpaired) electrons. The topological polar surface area (TPSA) is 71.3 Å². The van der Waals surface area contributed by atoms with E-state index in [1.54, 1.807) is 12.1 Å². The minimum Gasteiger partial charge on any atom is -0.405 e. The van der Waals surface area contributed by atoms with Gasteiger partial charge < -0.3 is 14.6 Å². The summed E-state index contributed by atoms with van der Waals surface area (Å²) in [4.78, 5) is 14.8. The molecule has 1 amide bonds. The number of hydrogen-bond acceptors (Lipinski definition) is 5. The number of rotatable bonds is 5. The van der Waals surface area contributed by atoms with Crippen molar-refractivity contribution in [3.05, 3.63) is 76.1 Å². The van der Waals surface area contributed by atoms with Crippen molar-refractivity contribution in [2.24, 2.45) is 0 Å². The van der Waals surface area contributed by atoms with E-state index in [9.17, 15) is 4.79 Å². The lowest BCUT2D eigenvalue weighted by Gasteiger charge is -2.16. The molecule has 7 heteroatoms. The Morgan fingerprint density at radius 3 is 2.44 bits per heavy atom. The van der Waals surface area contributed by atoms with Crippen LogP contribution in [-0.2, 0) is 0 Å². The lowest BCUT2D eigenvalue weighted by molar-refractivity contribution is 0.0938. The smallest absolute Gasteiger partial charge is 0.318 e. The summed E-state index contributed by atoms with van der Waals surface area (Å²) in [5.41, 5.74) is 1.46. The number of amides is 1. The Labute approximate surface area is 165 Å². The number of benzene rings is 2. The standard InChI is InChI=1S/C20H19BrN4O2/c21-16-10-8-15(9-11-16)18(26)22-17(14-6-2-1-3-7-14)19-23-24-20(27-19)25-12-4-5-13-25/h1-3,6-11,17H,4-5,12-13H2,(H,22,26)/t17-/m0/s1. The van der Waals surface area contributed by atoms with Crippen molar-refractivity contribution < 1.29 is 9.21 Å². The van der Waals surface area contributed by atoms with Crippen LogP contribution in [-0.4, -0.2) is 29.2 Å². The fourth-order valence-electron chi connectivity index (χ4n) is 3.13. The molecular formula is C20H19BrN4O2. The van der Waals surface area contributed by atoms with Crippen LogP contribution in [0.2, 0.25) is 0 Å². The highest BCUT2D eigenvalue weighted by Crippen LogP contribution is 2.26. The number of carbonyl (C=O) groups is 1. The summed E-state index contributed by atoms with van der Waals surface area (Å²) < 4.78 is 6.84. The van der Waals surface area contributed by atoms with E-state index in [1.807, 2.05) is 42.5 Å². The second-order valence-corrected chi connectivity index (χ2v) is 7.36. The quantitative estimate of drug-likeness (QED) is 0.668. The van der Waals surface area contributed by atoms with Gasteiger partial charge in [-0.3, -0.25) is 4.79 Å². The van der Waals surface area contributed by atoms with Gasteiger partial charge in [-0.2, -0.15) is 0 Å². The minimum atomic E-state index is -0.508. The largest absolute Gasteiger partial charge is 0.405 e. The summed E-state index contributed by atoms with van der Waals surface area (Å²) >= 11 is 3.38. The van der Waals surface area contributed by atoms with E-state index in [-0.39, 0.29) is 5.91 Å². The number of carbonyl (C=O) groups excluding carboxylic acids is 1. The molecule has 0 bridgehead atoms. The molecule has 0 aliphatic carbocycles. The van der Waals surface area contributed by atoms with Crippen molar-refractivity contribution in [3.8, 4) is 0 Å². The Balaban J connectivity index is 1.61. The molecule has 0 unspecified atom stereocenters. The van der Waals surface area contributed by atoms with Gasteiger partial charge in [-0.25, -0.2) is 0 Å². The van der Waals surface area contributed by atoms with Gasteiger partial charge in [0, 0.05) is 23.1 Å². The number of aromatic nitrogens is 2. The molecule has 2 heterocycles. The third-order valence-electron chi connectivity index (χ3n) is 4.57. The third-order valence-corrected chi connectivity index (χ3v) is 5.10. The number of halogens is 1. The van der Waals surface area contributed by atoms with Crippen LogP contribution in [0.25, 0.3) is 0 Å². The fraction of sp³-hybridized carbons (Fsp3) is 0.250. The maximum absolute atomic E-state index is 12.7. The highest BCUT2D eigenvalue weighted by molar-refractivity contribution is 9.10. The van der Waals surface area contributed by atoms with E-state index in [0.29, 0.717) is 17.5 Å². The van der Waals surface area contributed by atoms with Gasteiger partial charge in [0.25, 0.3) is 5.91 Å². The molecule has 1 aromatic heterocycles. The minimum absolute atomic E-state index is 0.197. The first-order valence-corrected chi connectivity index (χ1v) is 9.70. The van der Waals surface area contributed by atoms with E-state index in [4.69, 9.17) is 4.42 Å². The maximum Gasteiger partial charge on any atom is 0.318 e. The van der Waals surface area contributed by atoms with Crippen molar-refractivity contribution in [3.63, 3.8) is 0 Å². The highest BCUT2D eigenvalue weighted by atomic mass is 79.9. The van der Waals surface area contributed by atoms with Crippen LogP contribution in [0, 0.1) is 0 Å². The molecule has 6 nitrogen and oxygen atoms in total. The average Bonchev–Trinajstić information content (AvgIpc) is 3.39. The summed E-state index contributed by atoms with van der Waals surface area (Å²) in [6.07, 6.45) is 2.25. The molecule has 0 saturated carbocycles. The van der Waals surface area contributed by atoms with E-state index < -0.39 is 6.04 Å². The first kappa shape index (κ1) is 17.7. The van der Waals surface area contributed by atoms with Crippen molar-refractivity contribution in [1.82, 2.24) is 15.5 Å². The van der Waals surface area contributed by atoms with Gasteiger partial charge in [-0.1, -0.05) is 51.4 Å². The summed E-state index contributed by atoms with van der Waals surface area (Å²) in [5.74, 6) is 0.186. The van der Waals surface area contributed by atoms with Gasteiger partial charge in [0.1, 0.15) is 6.04 Å². The van der Waals surface area contributed by atoms with Gasteiger partial charge in [-0.05, 0) is 42.7 Å². The molecule has 3 aromatic rings. The van der Waals surface area contributed by atoms with E-state index in [1.165, 1.54) is 0 Å². The molecule has 2 aromatic carbocycles. The summed E-state index contributed by atoms with van der Waals surface area (Å²) in [5, 5.41) is 11.4. The molecular weight excluding hydrogens is 408 g/mol. The normalized spacial score (nSPS) is 14.9. The Kier molecular flexibility index (Phi) is 5.20. The number of hydrogen-bond donors (Lipinski definition) is 1. The molecule has 138 valence electrons. The Morgan fingerprint density at radius 1 is 1.04 bits per heavy atom. The molecule has 0 spiro atoms. The molecule has 1 aliphatic heterocycles. The first-order valence-electron chi connectivity index (χ1n) is 8.90. The maximum atomic E-state index is 12.7. The van der Waals surface area contributed by atoms with Gasteiger partial charge in [-0.15, -0.1) is 5.10 Å². The Bertz CT molecular complexity index is 905. The van der Waals surface area contributed by atoms with Crippen LogP contribution in [0.1, 0.15) is 40.7 Å². The number of nitrogens with zero attached hydrogens (tertiary/aromatic N) is 3. The SMILES string of the molecule is O=C(N[C@@H](c1ccccc1)c1nnc(N2CCCC2)o1)c1ccc(Br)cc1. The first-order chi connectivity index (χ1) is 13.2. The molecule has 1 aliphatic rings. The summed E-state index contributed by atoms with van der Waals surface area (Å²) in [6.45, 7) is 1.84. The number of nitrogens with one attached hydrogen (secondary N) is 1. The zero-order valence-electron chi connectivity index (χ0n) is 14.6. The van der Waals surface area contributed by atoms with Gasteiger partial charge in [0.15, 0.2) is 0 Å². The van der Waals surface area contributed by atoms with Crippen LogP contribution in [0.15, 0.2) is 63.5 Å². The second kappa shape index (κ2) is 7.92. The van der Waals surface area contributed by atoms with Crippen molar-refractivity contribution >= 4 is 27.9 Å².